The highest BCUT2D eigenvalue weighted by atomic mass is 15.2. The topological polar surface area (TPSA) is 76.9 Å². The van der Waals surface area contributed by atoms with Crippen LogP contribution in [0.4, 0.5) is 5.82 Å². The number of piperazine rings is 1. The van der Waals surface area contributed by atoms with E-state index in [0.717, 1.165) is 50.7 Å². The maximum Gasteiger partial charge on any atom is 0.135 e. The van der Waals surface area contributed by atoms with Gasteiger partial charge in [-0.15, -0.1) is 0 Å². The van der Waals surface area contributed by atoms with Crippen molar-refractivity contribution in [2.45, 2.75) is 25.4 Å². The molecule has 2 N–H and O–H groups in total. The molecule has 1 fully saturated rings. The minimum Gasteiger partial charge on any atom is -0.353 e. The Bertz CT molecular complexity index is 494. The maximum absolute atomic E-state index is 8.82. The Labute approximate surface area is 112 Å². The third-order valence-corrected chi connectivity index (χ3v) is 3.75. The van der Waals surface area contributed by atoms with E-state index in [-0.39, 0.29) is 6.04 Å². The van der Waals surface area contributed by atoms with Crippen LogP contribution in [0, 0.1) is 11.3 Å². The van der Waals surface area contributed by atoms with Crippen molar-refractivity contribution < 1.29 is 0 Å². The lowest BCUT2D eigenvalue weighted by molar-refractivity contribution is 0.458. The summed E-state index contributed by atoms with van der Waals surface area (Å²) in [6.45, 7) is 4.52. The summed E-state index contributed by atoms with van der Waals surface area (Å²) in [4.78, 5) is 11.1. The number of fused-ring (bicyclic) bond motifs is 1. The quantitative estimate of drug-likeness (QED) is 0.766. The highest BCUT2D eigenvalue weighted by Crippen LogP contribution is 2.23. The molecule has 6 heteroatoms. The number of nitrogens with one attached hydrogen (secondary N) is 2. The van der Waals surface area contributed by atoms with Gasteiger partial charge in [0.25, 0.3) is 0 Å². The number of anilines is 1. The molecule has 2 aliphatic rings. The zero-order valence-corrected chi connectivity index (χ0v) is 10.9. The monoisotopic (exact) mass is 258 g/mol. The zero-order valence-electron chi connectivity index (χ0n) is 10.9. The first-order valence-corrected chi connectivity index (χ1v) is 6.77. The summed E-state index contributed by atoms with van der Waals surface area (Å²) in [6, 6.07) is 2.48. The molecule has 6 nitrogen and oxygen atoms in total. The minimum absolute atomic E-state index is 0.242. The average molecular weight is 258 g/mol. The number of hydrogen-bond acceptors (Lipinski definition) is 6. The molecule has 1 atom stereocenters. The third kappa shape index (κ3) is 2.53. The van der Waals surface area contributed by atoms with E-state index in [0.29, 0.717) is 6.42 Å². The fourth-order valence-electron chi connectivity index (χ4n) is 2.80. The summed E-state index contributed by atoms with van der Waals surface area (Å²) in [6.07, 6.45) is 3.19. The molecule has 0 aromatic carbocycles. The van der Waals surface area contributed by atoms with Gasteiger partial charge in [-0.2, -0.15) is 5.26 Å². The summed E-state index contributed by atoms with van der Waals surface area (Å²) in [5.74, 6) is 1.07. The Hall–Kier alpha value is -1.71. The molecule has 3 rings (SSSR count). The molecule has 0 bridgehead atoms. The molecule has 1 aromatic heterocycles. The van der Waals surface area contributed by atoms with E-state index in [1.165, 1.54) is 5.56 Å². The summed E-state index contributed by atoms with van der Waals surface area (Å²) in [5.41, 5.74) is 2.39. The maximum atomic E-state index is 8.82. The van der Waals surface area contributed by atoms with Crippen LogP contribution in [0.2, 0.25) is 0 Å². The van der Waals surface area contributed by atoms with Crippen molar-refractivity contribution in [3.8, 4) is 6.07 Å². The average Bonchev–Trinajstić information content (AvgIpc) is 2.47. The van der Waals surface area contributed by atoms with Gasteiger partial charge in [0.15, 0.2) is 0 Å². The molecular formula is C13H18N6. The van der Waals surface area contributed by atoms with Crippen molar-refractivity contribution >= 4 is 5.82 Å². The van der Waals surface area contributed by atoms with Crippen LogP contribution in [0.1, 0.15) is 17.7 Å². The van der Waals surface area contributed by atoms with E-state index in [2.05, 4.69) is 31.6 Å². The van der Waals surface area contributed by atoms with Crippen LogP contribution in [0.5, 0.6) is 0 Å². The number of hydrogen-bond donors (Lipinski definition) is 2. The molecule has 2 aliphatic heterocycles. The lowest BCUT2D eigenvalue weighted by Gasteiger charge is -2.35. The van der Waals surface area contributed by atoms with Gasteiger partial charge in [0.2, 0.25) is 0 Å². The SMILES string of the molecule is N#CC[C@H]1CN(c2ncnc3c2CCNC3)CCN1. The third-order valence-electron chi connectivity index (χ3n) is 3.75. The molecule has 1 saturated heterocycles. The molecule has 0 radical (unpaired) electrons. The van der Waals surface area contributed by atoms with Gasteiger partial charge in [0.1, 0.15) is 12.1 Å². The second-order valence-corrected chi connectivity index (χ2v) is 5.01. The normalized spacial score (nSPS) is 22.7. The number of aromatic nitrogens is 2. The first kappa shape index (κ1) is 12.3. The van der Waals surface area contributed by atoms with Gasteiger partial charge in [-0.1, -0.05) is 0 Å². The number of rotatable bonds is 2. The van der Waals surface area contributed by atoms with Gasteiger partial charge >= 0.3 is 0 Å². The van der Waals surface area contributed by atoms with Crippen LogP contribution in [-0.4, -0.2) is 42.2 Å². The van der Waals surface area contributed by atoms with Gasteiger partial charge in [-0.3, -0.25) is 0 Å². The van der Waals surface area contributed by atoms with Crippen LogP contribution >= 0.6 is 0 Å². The van der Waals surface area contributed by atoms with Crippen molar-refractivity contribution in [2.75, 3.05) is 31.1 Å². The molecule has 0 aliphatic carbocycles. The van der Waals surface area contributed by atoms with Crippen LogP contribution < -0.4 is 15.5 Å². The van der Waals surface area contributed by atoms with Crippen molar-refractivity contribution in [2.24, 2.45) is 0 Å². The fraction of sp³-hybridized carbons (Fsp3) is 0.615. The van der Waals surface area contributed by atoms with E-state index in [1.807, 2.05) is 0 Å². The van der Waals surface area contributed by atoms with Crippen LogP contribution in [0.25, 0.3) is 0 Å². The Morgan fingerprint density at radius 3 is 3.26 bits per heavy atom. The smallest absolute Gasteiger partial charge is 0.135 e. The summed E-state index contributed by atoms with van der Waals surface area (Å²) in [7, 11) is 0. The zero-order chi connectivity index (χ0) is 13.1. The number of nitriles is 1. The Morgan fingerprint density at radius 2 is 2.37 bits per heavy atom. The second-order valence-electron chi connectivity index (χ2n) is 5.01. The van der Waals surface area contributed by atoms with Gasteiger partial charge in [-0.05, 0) is 13.0 Å². The molecular weight excluding hydrogens is 240 g/mol. The van der Waals surface area contributed by atoms with Crippen molar-refractivity contribution in [1.82, 2.24) is 20.6 Å². The summed E-state index contributed by atoms with van der Waals surface area (Å²) >= 11 is 0. The van der Waals surface area contributed by atoms with E-state index in [4.69, 9.17) is 5.26 Å². The fourth-order valence-corrected chi connectivity index (χ4v) is 2.80. The first-order valence-electron chi connectivity index (χ1n) is 6.77. The largest absolute Gasteiger partial charge is 0.353 e. The second kappa shape index (κ2) is 5.51. The molecule has 100 valence electrons. The molecule has 0 saturated carbocycles. The van der Waals surface area contributed by atoms with E-state index in [1.54, 1.807) is 6.33 Å². The van der Waals surface area contributed by atoms with Gasteiger partial charge in [-0.25, -0.2) is 9.97 Å². The summed E-state index contributed by atoms with van der Waals surface area (Å²) < 4.78 is 0. The summed E-state index contributed by atoms with van der Waals surface area (Å²) in [5, 5.41) is 15.5. The predicted octanol–water partition coefficient (Wildman–Crippen LogP) is -0.186. The highest BCUT2D eigenvalue weighted by molar-refractivity contribution is 5.50. The van der Waals surface area contributed by atoms with Crippen molar-refractivity contribution in [1.29, 1.82) is 5.26 Å². The standard InChI is InChI=1S/C13H18N6/c14-3-1-10-8-19(6-5-16-10)13-11-2-4-15-7-12(11)17-9-18-13/h9-10,15-16H,1-2,4-8H2/t10-/m0/s1. The van der Waals surface area contributed by atoms with Gasteiger partial charge < -0.3 is 15.5 Å². The molecule has 3 heterocycles. The highest BCUT2D eigenvalue weighted by Gasteiger charge is 2.24. The lowest BCUT2D eigenvalue weighted by Crippen LogP contribution is -2.51. The van der Waals surface area contributed by atoms with Crippen molar-refractivity contribution in [3.63, 3.8) is 0 Å². The van der Waals surface area contributed by atoms with Crippen LogP contribution in [0.15, 0.2) is 6.33 Å². The molecule has 0 unspecified atom stereocenters. The molecule has 0 amide bonds. The minimum atomic E-state index is 0.242. The molecule has 19 heavy (non-hydrogen) atoms. The van der Waals surface area contributed by atoms with Gasteiger partial charge in [0, 0.05) is 37.8 Å². The van der Waals surface area contributed by atoms with Gasteiger partial charge in [0.05, 0.1) is 18.2 Å². The van der Waals surface area contributed by atoms with E-state index >= 15 is 0 Å². The van der Waals surface area contributed by atoms with E-state index < -0.39 is 0 Å². The Morgan fingerprint density at radius 1 is 1.42 bits per heavy atom. The predicted molar refractivity (Wildman–Crippen MR) is 71.7 cm³/mol. The van der Waals surface area contributed by atoms with E-state index in [9.17, 15) is 0 Å². The molecule has 1 aromatic rings. The Balaban J connectivity index is 1.83. The molecule has 0 spiro atoms. The van der Waals surface area contributed by atoms with Crippen LogP contribution in [0.3, 0.4) is 0 Å². The van der Waals surface area contributed by atoms with Crippen molar-refractivity contribution in [3.05, 3.63) is 17.6 Å². The first-order chi connectivity index (χ1) is 9.38. The Kier molecular flexibility index (Phi) is 3.58. The lowest BCUT2D eigenvalue weighted by atomic mass is 10.1. The van der Waals surface area contributed by atoms with Crippen LogP contribution in [-0.2, 0) is 13.0 Å². The number of nitrogens with zero attached hydrogens (tertiary/aromatic N) is 4.